The number of nitrogens with zero attached hydrogens (tertiary/aromatic N) is 1. The van der Waals surface area contributed by atoms with Crippen LogP contribution in [0, 0.1) is 0 Å². The molecule has 2 heteroatoms. The Kier molecular flexibility index (Phi) is 4.19. The molecular formula is C13H28N2. The van der Waals surface area contributed by atoms with Gasteiger partial charge in [-0.3, -0.25) is 4.90 Å². The van der Waals surface area contributed by atoms with Gasteiger partial charge in [-0.1, -0.05) is 20.8 Å². The molecule has 0 aromatic heterocycles. The highest BCUT2D eigenvalue weighted by atomic mass is 15.3. The second kappa shape index (κ2) is 4.84. The summed E-state index contributed by atoms with van der Waals surface area (Å²) in [5.41, 5.74) is 0.725. The lowest BCUT2D eigenvalue weighted by Gasteiger charge is -2.49. The highest BCUT2D eigenvalue weighted by Crippen LogP contribution is 2.30. The van der Waals surface area contributed by atoms with Crippen molar-refractivity contribution in [2.24, 2.45) is 0 Å². The van der Waals surface area contributed by atoms with Gasteiger partial charge in [0.05, 0.1) is 0 Å². The van der Waals surface area contributed by atoms with Crippen LogP contribution in [-0.4, -0.2) is 35.6 Å². The van der Waals surface area contributed by atoms with Crippen molar-refractivity contribution < 1.29 is 0 Å². The standard InChI is InChI=1S/C13H28N2/c1-6-13(7-2,8-3)15-10-9-14-12(4,5)11-15/h14H,6-11H2,1-5H3. The first-order valence-electron chi connectivity index (χ1n) is 6.50. The fraction of sp³-hybridized carbons (Fsp3) is 1.00. The summed E-state index contributed by atoms with van der Waals surface area (Å²) in [6, 6.07) is 0. The minimum absolute atomic E-state index is 0.281. The van der Waals surface area contributed by atoms with Crippen LogP contribution in [0.15, 0.2) is 0 Å². The first-order chi connectivity index (χ1) is 6.99. The van der Waals surface area contributed by atoms with Gasteiger partial charge in [-0.2, -0.15) is 0 Å². The Morgan fingerprint density at radius 3 is 2.07 bits per heavy atom. The molecule has 0 spiro atoms. The van der Waals surface area contributed by atoms with E-state index in [1.807, 2.05) is 0 Å². The second-order valence-electron chi connectivity index (χ2n) is 5.52. The van der Waals surface area contributed by atoms with E-state index < -0.39 is 0 Å². The molecule has 1 fully saturated rings. The van der Waals surface area contributed by atoms with Gasteiger partial charge in [0.2, 0.25) is 0 Å². The average Bonchev–Trinajstić information content (AvgIpc) is 2.20. The summed E-state index contributed by atoms with van der Waals surface area (Å²) in [4.78, 5) is 2.71. The topological polar surface area (TPSA) is 15.3 Å². The minimum atomic E-state index is 0.281. The zero-order chi connectivity index (χ0) is 11.5. The van der Waals surface area contributed by atoms with Crippen LogP contribution < -0.4 is 5.32 Å². The summed E-state index contributed by atoms with van der Waals surface area (Å²) in [7, 11) is 0. The van der Waals surface area contributed by atoms with Gasteiger partial charge in [0.1, 0.15) is 0 Å². The molecule has 0 atom stereocenters. The van der Waals surface area contributed by atoms with Crippen LogP contribution >= 0.6 is 0 Å². The van der Waals surface area contributed by atoms with Crippen molar-refractivity contribution in [1.29, 1.82) is 0 Å². The van der Waals surface area contributed by atoms with E-state index in [-0.39, 0.29) is 5.54 Å². The first-order valence-corrected chi connectivity index (χ1v) is 6.50. The van der Waals surface area contributed by atoms with Crippen molar-refractivity contribution in [3.63, 3.8) is 0 Å². The maximum atomic E-state index is 3.59. The Balaban J connectivity index is 2.76. The van der Waals surface area contributed by atoms with Crippen molar-refractivity contribution in [3.05, 3.63) is 0 Å². The van der Waals surface area contributed by atoms with Crippen LogP contribution in [0.2, 0.25) is 0 Å². The number of piperazine rings is 1. The van der Waals surface area contributed by atoms with Crippen molar-refractivity contribution >= 4 is 0 Å². The molecule has 0 saturated carbocycles. The fourth-order valence-corrected chi connectivity index (χ4v) is 2.97. The van der Waals surface area contributed by atoms with Crippen molar-refractivity contribution in [2.75, 3.05) is 19.6 Å². The van der Waals surface area contributed by atoms with E-state index in [2.05, 4.69) is 44.8 Å². The van der Waals surface area contributed by atoms with E-state index in [0.717, 1.165) is 6.54 Å². The van der Waals surface area contributed by atoms with Crippen molar-refractivity contribution in [2.45, 2.75) is 65.0 Å². The maximum Gasteiger partial charge on any atom is 0.0252 e. The molecule has 1 aliphatic rings. The van der Waals surface area contributed by atoms with Crippen molar-refractivity contribution in [3.8, 4) is 0 Å². The minimum Gasteiger partial charge on any atom is -0.309 e. The SMILES string of the molecule is CCC(CC)(CC)N1CCNC(C)(C)C1. The number of hydrogen-bond donors (Lipinski definition) is 1. The Hall–Kier alpha value is -0.0800. The van der Waals surface area contributed by atoms with Crippen LogP contribution in [-0.2, 0) is 0 Å². The molecular weight excluding hydrogens is 184 g/mol. The van der Waals surface area contributed by atoms with Crippen molar-refractivity contribution in [1.82, 2.24) is 10.2 Å². The fourth-order valence-electron chi connectivity index (χ4n) is 2.97. The number of hydrogen-bond acceptors (Lipinski definition) is 2. The molecule has 1 N–H and O–H groups in total. The van der Waals surface area contributed by atoms with Gasteiger partial charge < -0.3 is 5.32 Å². The Morgan fingerprint density at radius 1 is 1.13 bits per heavy atom. The average molecular weight is 212 g/mol. The van der Waals surface area contributed by atoms with Crippen LogP contribution in [0.4, 0.5) is 0 Å². The van der Waals surface area contributed by atoms with Gasteiger partial charge in [0.25, 0.3) is 0 Å². The first kappa shape index (κ1) is 13.0. The summed E-state index contributed by atoms with van der Waals surface area (Å²) >= 11 is 0. The van der Waals surface area contributed by atoms with E-state index >= 15 is 0 Å². The monoisotopic (exact) mass is 212 g/mol. The van der Waals surface area contributed by atoms with Gasteiger partial charge in [-0.25, -0.2) is 0 Å². The lowest BCUT2D eigenvalue weighted by Crippen LogP contribution is -2.63. The zero-order valence-corrected chi connectivity index (χ0v) is 11.2. The molecule has 90 valence electrons. The summed E-state index contributed by atoms with van der Waals surface area (Å²) in [6.07, 6.45) is 3.82. The maximum absolute atomic E-state index is 3.59. The summed E-state index contributed by atoms with van der Waals surface area (Å²) in [5.74, 6) is 0. The van der Waals surface area contributed by atoms with Gasteiger partial charge >= 0.3 is 0 Å². The van der Waals surface area contributed by atoms with Crippen LogP contribution in [0.5, 0.6) is 0 Å². The second-order valence-corrected chi connectivity index (χ2v) is 5.52. The largest absolute Gasteiger partial charge is 0.309 e. The van der Waals surface area contributed by atoms with Gasteiger partial charge in [0.15, 0.2) is 0 Å². The molecule has 0 unspecified atom stereocenters. The third-order valence-electron chi connectivity index (χ3n) is 4.22. The predicted molar refractivity (Wildman–Crippen MR) is 67.3 cm³/mol. The lowest BCUT2D eigenvalue weighted by molar-refractivity contribution is 0.0255. The van der Waals surface area contributed by atoms with E-state index in [1.165, 1.54) is 32.4 Å². The molecule has 0 aromatic carbocycles. The van der Waals surface area contributed by atoms with E-state index in [4.69, 9.17) is 0 Å². The Labute approximate surface area is 95.4 Å². The normalized spacial score (nSPS) is 23.0. The molecule has 0 aliphatic carbocycles. The van der Waals surface area contributed by atoms with Gasteiger partial charge in [-0.05, 0) is 33.1 Å². The molecule has 1 saturated heterocycles. The van der Waals surface area contributed by atoms with E-state index in [9.17, 15) is 0 Å². The zero-order valence-electron chi connectivity index (χ0n) is 11.2. The number of nitrogens with one attached hydrogen (secondary N) is 1. The smallest absolute Gasteiger partial charge is 0.0252 e. The molecule has 0 aromatic rings. The quantitative estimate of drug-likeness (QED) is 0.770. The van der Waals surface area contributed by atoms with Gasteiger partial charge in [-0.15, -0.1) is 0 Å². The van der Waals surface area contributed by atoms with Crippen LogP contribution in [0.3, 0.4) is 0 Å². The molecule has 2 nitrogen and oxygen atoms in total. The summed E-state index contributed by atoms with van der Waals surface area (Å²) in [6.45, 7) is 15.2. The van der Waals surface area contributed by atoms with E-state index in [0.29, 0.717) is 5.54 Å². The predicted octanol–water partition coefficient (Wildman–Crippen LogP) is 2.64. The highest BCUT2D eigenvalue weighted by Gasteiger charge is 2.37. The number of rotatable bonds is 4. The third kappa shape index (κ3) is 2.73. The summed E-state index contributed by atoms with van der Waals surface area (Å²) in [5, 5.41) is 3.59. The van der Waals surface area contributed by atoms with E-state index in [1.54, 1.807) is 0 Å². The molecule has 1 rings (SSSR count). The van der Waals surface area contributed by atoms with Crippen LogP contribution in [0.1, 0.15) is 53.9 Å². The lowest BCUT2D eigenvalue weighted by atomic mass is 9.85. The Bertz CT molecular complexity index is 186. The van der Waals surface area contributed by atoms with Crippen LogP contribution in [0.25, 0.3) is 0 Å². The molecule has 1 heterocycles. The molecule has 1 aliphatic heterocycles. The molecule has 15 heavy (non-hydrogen) atoms. The van der Waals surface area contributed by atoms with Gasteiger partial charge in [0, 0.05) is 30.7 Å². The highest BCUT2D eigenvalue weighted by molar-refractivity contribution is 4.95. The molecule has 0 amide bonds. The Morgan fingerprint density at radius 2 is 1.67 bits per heavy atom. The molecule has 0 bridgehead atoms. The third-order valence-corrected chi connectivity index (χ3v) is 4.22. The summed E-state index contributed by atoms with van der Waals surface area (Å²) < 4.78 is 0. The molecule has 0 radical (unpaired) electrons.